The van der Waals surface area contributed by atoms with E-state index in [2.05, 4.69) is 5.32 Å². The van der Waals surface area contributed by atoms with E-state index in [0.29, 0.717) is 23.7 Å². The highest BCUT2D eigenvalue weighted by molar-refractivity contribution is 7.92. The molecule has 0 fully saturated rings. The lowest BCUT2D eigenvalue weighted by molar-refractivity contribution is -0.116. The van der Waals surface area contributed by atoms with Crippen molar-refractivity contribution < 1.29 is 17.9 Å². The van der Waals surface area contributed by atoms with E-state index in [9.17, 15) is 13.2 Å². The number of anilines is 2. The quantitative estimate of drug-likeness (QED) is 0.636. The molecule has 3 aromatic carbocycles. The molecule has 0 aliphatic carbocycles. The summed E-state index contributed by atoms with van der Waals surface area (Å²) in [5, 5.41) is 4.87. The molecule has 0 aromatic heterocycles. The van der Waals surface area contributed by atoms with Crippen molar-refractivity contribution in [1.29, 1.82) is 0 Å². The van der Waals surface area contributed by atoms with Gasteiger partial charge in [-0.2, -0.15) is 0 Å². The Bertz CT molecular complexity index is 1110. The van der Waals surface area contributed by atoms with Crippen molar-refractivity contribution >= 4 is 38.1 Å². The van der Waals surface area contributed by atoms with Crippen molar-refractivity contribution in [1.82, 2.24) is 0 Å². The lowest BCUT2D eigenvalue weighted by Gasteiger charge is -2.28. The fraction of sp³-hybridized carbons (Fsp3) is 0.227. The number of nitrogens with zero attached hydrogens (tertiary/aromatic N) is 1. The van der Waals surface area contributed by atoms with Crippen LogP contribution in [-0.4, -0.2) is 33.2 Å². The summed E-state index contributed by atoms with van der Waals surface area (Å²) in [5.74, 6) is 0.220. The first-order valence-electron chi connectivity index (χ1n) is 9.31. The molecular weight excluding hydrogens is 388 g/mol. The molecule has 1 N–H and O–H groups in total. The molecule has 3 aromatic rings. The smallest absolute Gasteiger partial charge is 0.247 e. The van der Waals surface area contributed by atoms with Gasteiger partial charge in [0.25, 0.3) is 0 Å². The van der Waals surface area contributed by atoms with E-state index in [4.69, 9.17) is 4.74 Å². The maximum absolute atomic E-state index is 12.8. The molecule has 0 aliphatic rings. The minimum atomic E-state index is -3.68. The molecule has 29 heavy (non-hydrogen) atoms. The third-order valence-electron chi connectivity index (χ3n) is 4.51. The second-order valence-corrected chi connectivity index (χ2v) is 8.57. The monoisotopic (exact) mass is 412 g/mol. The van der Waals surface area contributed by atoms with E-state index in [0.717, 1.165) is 21.3 Å². The predicted molar refractivity (Wildman–Crippen MR) is 117 cm³/mol. The van der Waals surface area contributed by atoms with Crippen molar-refractivity contribution in [3.63, 3.8) is 0 Å². The van der Waals surface area contributed by atoms with E-state index in [1.165, 1.54) is 0 Å². The molecule has 0 saturated carbocycles. The first-order valence-corrected chi connectivity index (χ1v) is 11.2. The van der Waals surface area contributed by atoms with Crippen LogP contribution >= 0.6 is 0 Å². The SMILES string of the molecule is CCOc1ccc(N(C(C)C(=O)Nc2ccc3ccccc3c2)S(C)(=O)=O)cc1. The topological polar surface area (TPSA) is 75.7 Å². The Morgan fingerprint density at radius 3 is 2.31 bits per heavy atom. The van der Waals surface area contributed by atoms with Gasteiger partial charge in [-0.05, 0) is 61.0 Å². The third-order valence-corrected chi connectivity index (χ3v) is 5.75. The van der Waals surface area contributed by atoms with Gasteiger partial charge in [0.2, 0.25) is 15.9 Å². The van der Waals surface area contributed by atoms with Crippen molar-refractivity contribution in [2.24, 2.45) is 0 Å². The van der Waals surface area contributed by atoms with Crippen molar-refractivity contribution in [2.75, 3.05) is 22.5 Å². The maximum atomic E-state index is 12.8. The third kappa shape index (κ3) is 4.86. The van der Waals surface area contributed by atoms with Crippen LogP contribution in [0.3, 0.4) is 0 Å². The number of hydrogen-bond donors (Lipinski definition) is 1. The Morgan fingerprint density at radius 1 is 1.03 bits per heavy atom. The zero-order valence-corrected chi connectivity index (χ0v) is 17.4. The van der Waals surface area contributed by atoms with Gasteiger partial charge in [-0.25, -0.2) is 8.42 Å². The van der Waals surface area contributed by atoms with Crippen LogP contribution in [-0.2, 0) is 14.8 Å². The van der Waals surface area contributed by atoms with Gasteiger partial charge in [-0.1, -0.05) is 30.3 Å². The molecule has 1 amide bonds. The highest BCUT2D eigenvalue weighted by atomic mass is 32.2. The van der Waals surface area contributed by atoms with Gasteiger partial charge in [0.15, 0.2) is 0 Å². The number of carbonyl (C=O) groups is 1. The fourth-order valence-electron chi connectivity index (χ4n) is 3.18. The number of amides is 1. The second kappa shape index (κ2) is 8.53. The Kier molecular flexibility index (Phi) is 6.08. The van der Waals surface area contributed by atoms with Gasteiger partial charge in [0.1, 0.15) is 11.8 Å². The van der Waals surface area contributed by atoms with Crippen LogP contribution in [0.1, 0.15) is 13.8 Å². The Balaban J connectivity index is 1.84. The van der Waals surface area contributed by atoms with E-state index in [1.54, 1.807) is 37.3 Å². The normalized spacial score (nSPS) is 12.4. The minimum absolute atomic E-state index is 0.400. The molecule has 0 radical (unpaired) electrons. The molecule has 6 nitrogen and oxygen atoms in total. The summed E-state index contributed by atoms with van der Waals surface area (Å²) in [4.78, 5) is 12.8. The highest BCUT2D eigenvalue weighted by Crippen LogP contribution is 2.25. The first kappa shape index (κ1) is 20.7. The molecule has 1 unspecified atom stereocenters. The number of nitrogens with one attached hydrogen (secondary N) is 1. The summed E-state index contributed by atoms with van der Waals surface area (Å²) in [7, 11) is -3.68. The number of sulfonamides is 1. The van der Waals surface area contributed by atoms with Crippen LogP contribution in [0.15, 0.2) is 66.7 Å². The van der Waals surface area contributed by atoms with Gasteiger partial charge in [-0.15, -0.1) is 0 Å². The standard InChI is InChI=1S/C22H24N2O4S/c1-4-28-21-13-11-20(12-14-21)24(29(3,26)27)16(2)22(25)23-19-10-9-17-7-5-6-8-18(17)15-19/h5-16H,4H2,1-3H3,(H,23,25). The zero-order valence-electron chi connectivity index (χ0n) is 16.6. The van der Waals surface area contributed by atoms with Gasteiger partial charge in [-0.3, -0.25) is 9.10 Å². The van der Waals surface area contributed by atoms with Gasteiger partial charge in [0.05, 0.1) is 18.6 Å². The molecule has 0 spiro atoms. The van der Waals surface area contributed by atoms with Crippen molar-refractivity contribution in [3.8, 4) is 5.75 Å². The van der Waals surface area contributed by atoms with Crippen LogP contribution in [0, 0.1) is 0 Å². The minimum Gasteiger partial charge on any atom is -0.494 e. The summed E-state index contributed by atoms with van der Waals surface area (Å²) in [5.41, 5.74) is 1.01. The van der Waals surface area contributed by atoms with Crippen LogP contribution in [0.25, 0.3) is 10.8 Å². The lowest BCUT2D eigenvalue weighted by Crippen LogP contribution is -2.45. The Morgan fingerprint density at radius 2 is 1.69 bits per heavy atom. The van der Waals surface area contributed by atoms with Crippen LogP contribution in [0.4, 0.5) is 11.4 Å². The molecule has 0 heterocycles. The largest absolute Gasteiger partial charge is 0.494 e. The van der Waals surface area contributed by atoms with Gasteiger partial charge >= 0.3 is 0 Å². The number of benzene rings is 3. The maximum Gasteiger partial charge on any atom is 0.247 e. The molecule has 3 rings (SSSR count). The zero-order chi connectivity index (χ0) is 21.0. The van der Waals surface area contributed by atoms with E-state index < -0.39 is 22.0 Å². The number of carbonyl (C=O) groups excluding carboxylic acids is 1. The molecule has 152 valence electrons. The fourth-order valence-corrected chi connectivity index (χ4v) is 4.35. The summed E-state index contributed by atoms with van der Waals surface area (Å²) >= 11 is 0. The Labute approximate surface area is 171 Å². The van der Waals surface area contributed by atoms with Crippen LogP contribution in [0.5, 0.6) is 5.75 Å². The number of hydrogen-bond acceptors (Lipinski definition) is 4. The number of ether oxygens (including phenoxy) is 1. The van der Waals surface area contributed by atoms with E-state index in [-0.39, 0.29) is 0 Å². The first-order chi connectivity index (χ1) is 13.8. The molecule has 0 bridgehead atoms. The molecule has 7 heteroatoms. The van der Waals surface area contributed by atoms with E-state index >= 15 is 0 Å². The van der Waals surface area contributed by atoms with Crippen LogP contribution < -0.4 is 14.4 Å². The summed E-state index contributed by atoms with van der Waals surface area (Å²) in [6.45, 7) is 3.95. The second-order valence-electron chi connectivity index (χ2n) is 6.71. The van der Waals surface area contributed by atoms with Gasteiger partial charge < -0.3 is 10.1 Å². The van der Waals surface area contributed by atoms with Crippen LogP contribution in [0.2, 0.25) is 0 Å². The molecule has 0 aliphatic heterocycles. The summed E-state index contributed by atoms with van der Waals surface area (Å²) in [6.07, 6.45) is 1.09. The number of rotatable bonds is 7. The van der Waals surface area contributed by atoms with Crippen molar-refractivity contribution in [2.45, 2.75) is 19.9 Å². The number of fused-ring (bicyclic) bond motifs is 1. The lowest BCUT2D eigenvalue weighted by atomic mass is 10.1. The van der Waals surface area contributed by atoms with E-state index in [1.807, 2.05) is 43.3 Å². The molecule has 0 saturated heterocycles. The average Bonchev–Trinajstić information content (AvgIpc) is 2.68. The van der Waals surface area contributed by atoms with Crippen molar-refractivity contribution in [3.05, 3.63) is 66.7 Å². The van der Waals surface area contributed by atoms with Gasteiger partial charge in [0, 0.05) is 5.69 Å². The average molecular weight is 413 g/mol. The Hall–Kier alpha value is -3.06. The summed E-state index contributed by atoms with van der Waals surface area (Å²) in [6, 6.07) is 19.1. The highest BCUT2D eigenvalue weighted by Gasteiger charge is 2.29. The molecular formula is C22H24N2O4S. The molecule has 1 atom stereocenters. The summed E-state index contributed by atoms with van der Waals surface area (Å²) < 4.78 is 31.4. The predicted octanol–water partition coefficient (Wildman–Crippen LogP) is 4.03.